The van der Waals surface area contributed by atoms with Crippen molar-refractivity contribution in [2.45, 2.75) is 45.3 Å². The molecule has 5 nitrogen and oxygen atoms in total. The summed E-state index contributed by atoms with van der Waals surface area (Å²) in [7, 11) is 1.88. The molecule has 1 fully saturated rings. The standard InChI is InChI=1S/C23H27FN2O3S/c1-16-7-12-30-21(16)15-26(2)22(27)23(8-10-28-11-9-23)14-19-13-20(25-29-19)17-3-5-18(24)6-4-17/h3-7,12,19H,8-11,13-15H2,1-2H3. The van der Waals surface area contributed by atoms with Crippen molar-refractivity contribution in [2.24, 2.45) is 10.6 Å². The van der Waals surface area contributed by atoms with Gasteiger partial charge in [0.2, 0.25) is 5.91 Å². The van der Waals surface area contributed by atoms with Crippen LogP contribution in [0.25, 0.3) is 0 Å². The fraction of sp³-hybridized carbons (Fsp3) is 0.478. The van der Waals surface area contributed by atoms with E-state index in [-0.39, 0.29) is 17.8 Å². The summed E-state index contributed by atoms with van der Waals surface area (Å²) in [6.45, 7) is 3.86. The molecule has 2 aliphatic rings. The zero-order valence-electron chi connectivity index (χ0n) is 17.4. The molecule has 1 atom stereocenters. The Kier molecular flexibility index (Phi) is 6.20. The van der Waals surface area contributed by atoms with E-state index in [0.29, 0.717) is 45.4 Å². The summed E-state index contributed by atoms with van der Waals surface area (Å²) in [5.41, 5.74) is 2.38. The topological polar surface area (TPSA) is 51.1 Å². The van der Waals surface area contributed by atoms with Gasteiger partial charge in [0.05, 0.1) is 17.7 Å². The molecular weight excluding hydrogens is 403 g/mol. The Labute approximate surface area is 180 Å². The number of thiophene rings is 1. The molecule has 4 rings (SSSR count). The van der Waals surface area contributed by atoms with Crippen molar-refractivity contribution in [1.82, 2.24) is 4.90 Å². The third-order valence-corrected chi connectivity index (χ3v) is 7.14. The summed E-state index contributed by atoms with van der Waals surface area (Å²) in [5.74, 6) is -0.122. The smallest absolute Gasteiger partial charge is 0.229 e. The SMILES string of the molecule is Cc1ccsc1CN(C)C(=O)C1(CC2CC(c3ccc(F)cc3)=NO2)CCOCC1. The Balaban J connectivity index is 1.45. The van der Waals surface area contributed by atoms with Gasteiger partial charge in [-0.2, -0.15) is 0 Å². The second kappa shape index (κ2) is 8.86. The van der Waals surface area contributed by atoms with E-state index >= 15 is 0 Å². The van der Waals surface area contributed by atoms with Crippen molar-refractivity contribution < 1.29 is 18.8 Å². The maximum absolute atomic E-state index is 13.6. The lowest BCUT2D eigenvalue weighted by molar-refractivity contribution is -0.150. The summed E-state index contributed by atoms with van der Waals surface area (Å²) in [4.78, 5) is 22.4. The van der Waals surface area contributed by atoms with Gasteiger partial charge in [0, 0.05) is 38.0 Å². The Morgan fingerprint density at radius 3 is 2.67 bits per heavy atom. The van der Waals surface area contributed by atoms with Crippen molar-refractivity contribution in [1.29, 1.82) is 0 Å². The van der Waals surface area contributed by atoms with E-state index in [4.69, 9.17) is 9.57 Å². The zero-order chi connectivity index (χ0) is 21.1. The number of carbonyl (C=O) groups is 1. The summed E-state index contributed by atoms with van der Waals surface area (Å²) in [6, 6.07) is 8.37. The first-order valence-corrected chi connectivity index (χ1v) is 11.2. The van der Waals surface area contributed by atoms with Crippen LogP contribution in [0.1, 0.15) is 41.7 Å². The van der Waals surface area contributed by atoms with Crippen LogP contribution in [0, 0.1) is 18.2 Å². The van der Waals surface area contributed by atoms with E-state index in [1.165, 1.54) is 22.6 Å². The summed E-state index contributed by atoms with van der Waals surface area (Å²) < 4.78 is 18.8. The highest BCUT2D eigenvalue weighted by Crippen LogP contribution is 2.40. The van der Waals surface area contributed by atoms with Crippen LogP contribution in [-0.4, -0.2) is 42.9 Å². The molecule has 160 valence electrons. The minimum atomic E-state index is -0.503. The first-order chi connectivity index (χ1) is 14.5. The lowest BCUT2D eigenvalue weighted by atomic mass is 9.73. The van der Waals surface area contributed by atoms with Gasteiger partial charge in [-0.05, 0) is 54.5 Å². The molecule has 1 amide bonds. The number of aryl methyl sites for hydroxylation is 1. The van der Waals surface area contributed by atoms with Crippen LogP contribution >= 0.6 is 11.3 Å². The van der Waals surface area contributed by atoms with Gasteiger partial charge in [0.25, 0.3) is 0 Å². The highest BCUT2D eigenvalue weighted by atomic mass is 32.1. The Hall–Kier alpha value is -2.25. The molecule has 1 aromatic carbocycles. The van der Waals surface area contributed by atoms with Gasteiger partial charge in [-0.15, -0.1) is 11.3 Å². The van der Waals surface area contributed by atoms with Crippen LogP contribution in [0.2, 0.25) is 0 Å². The maximum Gasteiger partial charge on any atom is 0.229 e. The van der Waals surface area contributed by atoms with Crippen molar-refractivity contribution in [3.8, 4) is 0 Å². The lowest BCUT2D eigenvalue weighted by Gasteiger charge is -2.39. The number of hydrogen-bond acceptors (Lipinski definition) is 5. The number of halogens is 1. The number of rotatable bonds is 6. The minimum absolute atomic E-state index is 0.150. The van der Waals surface area contributed by atoms with Crippen LogP contribution in [0.4, 0.5) is 4.39 Å². The summed E-state index contributed by atoms with van der Waals surface area (Å²) in [5, 5.41) is 6.29. The first kappa shape index (κ1) is 21.0. The van der Waals surface area contributed by atoms with Crippen molar-refractivity contribution in [3.05, 3.63) is 57.5 Å². The van der Waals surface area contributed by atoms with E-state index in [9.17, 15) is 9.18 Å². The van der Waals surface area contributed by atoms with E-state index in [2.05, 4.69) is 23.5 Å². The van der Waals surface area contributed by atoms with Crippen LogP contribution in [0.3, 0.4) is 0 Å². The Morgan fingerprint density at radius 2 is 2.00 bits per heavy atom. The molecule has 0 aliphatic carbocycles. The molecule has 3 heterocycles. The van der Waals surface area contributed by atoms with Crippen molar-refractivity contribution >= 4 is 23.0 Å². The number of benzene rings is 1. The lowest BCUT2D eigenvalue weighted by Crippen LogP contribution is -2.47. The number of amides is 1. The molecule has 0 radical (unpaired) electrons. The number of nitrogens with zero attached hydrogens (tertiary/aromatic N) is 2. The molecule has 0 spiro atoms. The van der Waals surface area contributed by atoms with Gasteiger partial charge in [-0.3, -0.25) is 4.79 Å². The molecule has 0 bridgehead atoms. The van der Waals surface area contributed by atoms with Crippen molar-refractivity contribution in [3.63, 3.8) is 0 Å². The van der Waals surface area contributed by atoms with Crippen LogP contribution < -0.4 is 0 Å². The molecule has 30 heavy (non-hydrogen) atoms. The average Bonchev–Trinajstić information content (AvgIpc) is 3.38. The summed E-state index contributed by atoms with van der Waals surface area (Å²) in [6.07, 6.45) is 2.44. The molecule has 1 unspecified atom stereocenters. The number of ether oxygens (including phenoxy) is 1. The third-order valence-electron chi connectivity index (χ3n) is 6.13. The number of oxime groups is 1. The van der Waals surface area contributed by atoms with Gasteiger partial charge < -0.3 is 14.5 Å². The Morgan fingerprint density at radius 1 is 1.27 bits per heavy atom. The molecule has 1 saturated heterocycles. The monoisotopic (exact) mass is 430 g/mol. The van der Waals surface area contributed by atoms with Crippen molar-refractivity contribution in [2.75, 3.05) is 20.3 Å². The molecular formula is C23H27FN2O3S. The van der Waals surface area contributed by atoms with Gasteiger partial charge >= 0.3 is 0 Å². The maximum atomic E-state index is 13.6. The number of hydrogen-bond donors (Lipinski definition) is 0. The second-order valence-corrected chi connectivity index (χ2v) is 9.26. The van der Waals surface area contributed by atoms with Crippen LogP contribution in [0.5, 0.6) is 0 Å². The highest BCUT2D eigenvalue weighted by Gasteiger charge is 2.45. The molecule has 1 aromatic heterocycles. The van der Waals surface area contributed by atoms with E-state index < -0.39 is 5.41 Å². The van der Waals surface area contributed by atoms with Gasteiger partial charge in [0.15, 0.2) is 0 Å². The highest BCUT2D eigenvalue weighted by molar-refractivity contribution is 7.10. The minimum Gasteiger partial charge on any atom is -0.392 e. The first-order valence-electron chi connectivity index (χ1n) is 10.3. The quantitative estimate of drug-likeness (QED) is 0.676. The van der Waals surface area contributed by atoms with Gasteiger partial charge in [-0.25, -0.2) is 4.39 Å². The normalized spacial score (nSPS) is 20.5. The summed E-state index contributed by atoms with van der Waals surface area (Å²) >= 11 is 1.68. The van der Waals surface area contributed by atoms with Gasteiger partial charge in [0.1, 0.15) is 11.9 Å². The average molecular weight is 431 g/mol. The zero-order valence-corrected chi connectivity index (χ0v) is 18.2. The van der Waals surface area contributed by atoms with Crippen LogP contribution in [-0.2, 0) is 20.9 Å². The molecule has 0 saturated carbocycles. The van der Waals surface area contributed by atoms with E-state index in [1.807, 2.05) is 11.9 Å². The van der Waals surface area contributed by atoms with E-state index in [0.717, 1.165) is 11.3 Å². The number of carbonyl (C=O) groups excluding carboxylic acids is 1. The fourth-order valence-corrected chi connectivity index (χ4v) is 5.27. The second-order valence-electron chi connectivity index (χ2n) is 8.26. The predicted octanol–water partition coefficient (Wildman–Crippen LogP) is 4.53. The van der Waals surface area contributed by atoms with E-state index in [1.54, 1.807) is 23.5 Å². The Bertz CT molecular complexity index is 919. The van der Waals surface area contributed by atoms with Crippen LogP contribution in [0.15, 0.2) is 40.9 Å². The fourth-order valence-electron chi connectivity index (χ4n) is 4.31. The molecule has 2 aromatic rings. The predicted molar refractivity (Wildman–Crippen MR) is 115 cm³/mol. The van der Waals surface area contributed by atoms with Gasteiger partial charge in [-0.1, -0.05) is 17.3 Å². The third kappa shape index (κ3) is 4.42. The largest absolute Gasteiger partial charge is 0.392 e. The molecule has 7 heteroatoms. The molecule has 2 aliphatic heterocycles. The molecule has 0 N–H and O–H groups in total.